The Kier molecular flexibility index (Phi) is 4.82. The minimum absolute atomic E-state index is 0.0600. The molecule has 5 heteroatoms. The van der Waals surface area contributed by atoms with Crippen molar-refractivity contribution in [3.05, 3.63) is 27.7 Å². The zero-order chi connectivity index (χ0) is 13.8. The first-order valence-corrected chi connectivity index (χ1v) is 7.14. The molecule has 0 unspecified atom stereocenters. The van der Waals surface area contributed by atoms with Crippen molar-refractivity contribution in [1.29, 1.82) is 0 Å². The van der Waals surface area contributed by atoms with Crippen LogP contribution >= 0.6 is 15.9 Å². The van der Waals surface area contributed by atoms with Crippen LogP contribution in [0.1, 0.15) is 28.8 Å². The van der Waals surface area contributed by atoms with Crippen LogP contribution in [0.5, 0.6) is 5.75 Å². The van der Waals surface area contributed by atoms with E-state index in [-0.39, 0.29) is 11.9 Å². The van der Waals surface area contributed by atoms with Crippen molar-refractivity contribution >= 4 is 21.8 Å². The average Bonchev–Trinajstić information content (AvgIpc) is 2.40. The molecule has 0 radical (unpaired) electrons. The Bertz CT molecular complexity index is 470. The van der Waals surface area contributed by atoms with Gasteiger partial charge < -0.3 is 14.8 Å². The summed E-state index contributed by atoms with van der Waals surface area (Å²) in [5.74, 6) is 0.663. The zero-order valence-corrected chi connectivity index (χ0v) is 12.7. The maximum atomic E-state index is 12.4. The van der Waals surface area contributed by atoms with Gasteiger partial charge in [0.2, 0.25) is 0 Å². The number of hydrogen-bond acceptors (Lipinski definition) is 3. The van der Waals surface area contributed by atoms with E-state index in [0.29, 0.717) is 18.8 Å². The number of carbonyl (C=O) groups excluding carboxylic acids is 1. The Morgan fingerprint density at radius 2 is 2.11 bits per heavy atom. The summed E-state index contributed by atoms with van der Waals surface area (Å²) in [4.78, 5) is 12.4. The van der Waals surface area contributed by atoms with Gasteiger partial charge >= 0.3 is 0 Å². The summed E-state index contributed by atoms with van der Waals surface area (Å²) in [6.45, 7) is 3.31. The maximum Gasteiger partial charge on any atom is 0.253 e. The molecule has 1 N–H and O–H groups in total. The highest BCUT2D eigenvalue weighted by molar-refractivity contribution is 9.10. The standard InChI is InChI=1S/C14H18BrNO3/c1-9-12(18-2)4-3-11(15)13(9)14(17)16-10-5-7-19-8-6-10/h3-4,10H,5-8H2,1-2H3,(H,16,17). The molecule has 1 saturated heterocycles. The first kappa shape index (κ1) is 14.3. The summed E-state index contributed by atoms with van der Waals surface area (Å²) in [5.41, 5.74) is 1.49. The molecular weight excluding hydrogens is 310 g/mol. The van der Waals surface area contributed by atoms with E-state index in [1.54, 1.807) is 7.11 Å². The molecule has 0 aromatic heterocycles. The van der Waals surface area contributed by atoms with Gasteiger partial charge in [-0.1, -0.05) is 0 Å². The Morgan fingerprint density at radius 1 is 1.42 bits per heavy atom. The summed E-state index contributed by atoms with van der Waals surface area (Å²) in [6, 6.07) is 3.88. The summed E-state index contributed by atoms with van der Waals surface area (Å²) >= 11 is 3.43. The second kappa shape index (κ2) is 6.39. The van der Waals surface area contributed by atoms with Gasteiger partial charge in [0.1, 0.15) is 5.75 Å². The molecule has 1 heterocycles. The number of halogens is 1. The largest absolute Gasteiger partial charge is 0.496 e. The molecule has 1 aliphatic rings. The lowest BCUT2D eigenvalue weighted by Crippen LogP contribution is -2.39. The molecule has 0 spiro atoms. The van der Waals surface area contributed by atoms with Crippen LogP contribution in [0.4, 0.5) is 0 Å². The van der Waals surface area contributed by atoms with Crippen LogP contribution in [0.15, 0.2) is 16.6 Å². The molecule has 2 rings (SSSR count). The van der Waals surface area contributed by atoms with Crippen molar-refractivity contribution in [3.8, 4) is 5.75 Å². The summed E-state index contributed by atoms with van der Waals surface area (Å²) in [7, 11) is 1.61. The molecule has 1 aromatic rings. The van der Waals surface area contributed by atoms with Crippen LogP contribution in [-0.2, 0) is 4.74 Å². The molecule has 1 aromatic carbocycles. The van der Waals surface area contributed by atoms with Gasteiger partial charge in [-0.05, 0) is 47.8 Å². The molecule has 1 fully saturated rings. The van der Waals surface area contributed by atoms with Gasteiger partial charge in [0, 0.05) is 29.3 Å². The lowest BCUT2D eigenvalue weighted by atomic mass is 10.0. The molecular formula is C14H18BrNO3. The fourth-order valence-electron chi connectivity index (χ4n) is 2.26. The lowest BCUT2D eigenvalue weighted by Gasteiger charge is -2.24. The molecule has 0 atom stereocenters. The number of ether oxygens (including phenoxy) is 2. The summed E-state index contributed by atoms with van der Waals surface area (Å²) < 4.78 is 11.3. The van der Waals surface area contributed by atoms with E-state index in [1.165, 1.54) is 0 Å². The predicted octanol–water partition coefficient (Wildman–Crippen LogP) is 2.67. The van der Waals surface area contributed by atoms with E-state index in [4.69, 9.17) is 9.47 Å². The number of nitrogens with one attached hydrogen (secondary N) is 1. The Balaban J connectivity index is 2.18. The number of rotatable bonds is 3. The highest BCUT2D eigenvalue weighted by Crippen LogP contribution is 2.28. The molecule has 4 nitrogen and oxygen atoms in total. The van der Waals surface area contributed by atoms with E-state index in [0.717, 1.165) is 28.6 Å². The topological polar surface area (TPSA) is 47.6 Å². The third-order valence-electron chi connectivity index (χ3n) is 3.37. The van der Waals surface area contributed by atoms with Crippen LogP contribution < -0.4 is 10.1 Å². The minimum atomic E-state index is -0.0600. The van der Waals surface area contributed by atoms with E-state index in [2.05, 4.69) is 21.2 Å². The van der Waals surface area contributed by atoms with E-state index < -0.39 is 0 Å². The lowest BCUT2D eigenvalue weighted by molar-refractivity contribution is 0.0695. The summed E-state index contributed by atoms with van der Waals surface area (Å²) in [6.07, 6.45) is 1.73. The minimum Gasteiger partial charge on any atom is -0.496 e. The highest BCUT2D eigenvalue weighted by atomic mass is 79.9. The molecule has 1 amide bonds. The number of carbonyl (C=O) groups is 1. The van der Waals surface area contributed by atoms with E-state index in [1.807, 2.05) is 19.1 Å². The second-order valence-corrected chi connectivity index (χ2v) is 5.46. The smallest absolute Gasteiger partial charge is 0.253 e. The van der Waals surface area contributed by atoms with Crippen LogP contribution in [0.25, 0.3) is 0 Å². The van der Waals surface area contributed by atoms with Gasteiger partial charge in [0.15, 0.2) is 0 Å². The van der Waals surface area contributed by atoms with Crippen molar-refractivity contribution in [2.24, 2.45) is 0 Å². The number of amides is 1. The first-order valence-electron chi connectivity index (χ1n) is 6.35. The number of benzene rings is 1. The normalized spacial score (nSPS) is 16.2. The Labute approximate surface area is 121 Å². The fourth-order valence-corrected chi connectivity index (χ4v) is 2.87. The maximum absolute atomic E-state index is 12.4. The summed E-state index contributed by atoms with van der Waals surface area (Å²) in [5, 5.41) is 3.06. The van der Waals surface area contributed by atoms with Crippen LogP contribution in [0.2, 0.25) is 0 Å². The van der Waals surface area contributed by atoms with Crippen molar-refractivity contribution in [2.75, 3.05) is 20.3 Å². The SMILES string of the molecule is COc1ccc(Br)c(C(=O)NC2CCOCC2)c1C. The van der Waals surface area contributed by atoms with Gasteiger partial charge in [-0.15, -0.1) is 0 Å². The quantitative estimate of drug-likeness (QED) is 0.928. The first-order chi connectivity index (χ1) is 9.13. The van der Waals surface area contributed by atoms with Crippen LogP contribution in [0, 0.1) is 6.92 Å². The molecule has 0 bridgehead atoms. The number of hydrogen-bond donors (Lipinski definition) is 1. The monoisotopic (exact) mass is 327 g/mol. The predicted molar refractivity (Wildman–Crippen MR) is 76.7 cm³/mol. The van der Waals surface area contributed by atoms with Gasteiger partial charge in [0.05, 0.1) is 12.7 Å². The van der Waals surface area contributed by atoms with Gasteiger partial charge in [0.25, 0.3) is 5.91 Å². The van der Waals surface area contributed by atoms with Crippen molar-refractivity contribution < 1.29 is 14.3 Å². The fraction of sp³-hybridized carbons (Fsp3) is 0.500. The molecule has 1 aliphatic heterocycles. The molecule has 19 heavy (non-hydrogen) atoms. The highest BCUT2D eigenvalue weighted by Gasteiger charge is 2.21. The Morgan fingerprint density at radius 3 is 2.74 bits per heavy atom. The van der Waals surface area contributed by atoms with Gasteiger partial charge in [-0.3, -0.25) is 4.79 Å². The van der Waals surface area contributed by atoms with Gasteiger partial charge in [-0.2, -0.15) is 0 Å². The Hall–Kier alpha value is -1.07. The van der Waals surface area contributed by atoms with E-state index >= 15 is 0 Å². The molecule has 104 valence electrons. The van der Waals surface area contributed by atoms with E-state index in [9.17, 15) is 4.79 Å². The third kappa shape index (κ3) is 3.28. The number of methoxy groups -OCH3 is 1. The van der Waals surface area contributed by atoms with Crippen LogP contribution in [-0.4, -0.2) is 32.3 Å². The van der Waals surface area contributed by atoms with Crippen molar-refractivity contribution in [2.45, 2.75) is 25.8 Å². The van der Waals surface area contributed by atoms with Crippen LogP contribution in [0.3, 0.4) is 0 Å². The molecule has 0 saturated carbocycles. The third-order valence-corrected chi connectivity index (χ3v) is 4.03. The second-order valence-electron chi connectivity index (χ2n) is 4.61. The van der Waals surface area contributed by atoms with Gasteiger partial charge in [-0.25, -0.2) is 0 Å². The molecule has 0 aliphatic carbocycles. The average molecular weight is 328 g/mol. The van der Waals surface area contributed by atoms with Crippen molar-refractivity contribution in [1.82, 2.24) is 5.32 Å². The van der Waals surface area contributed by atoms with Crippen molar-refractivity contribution in [3.63, 3.8) is 0 Å². The zero-order valence-electron chi connectivity index (χ0n) is 11.2.